The smallest absolute Gasteiger partial charge is 0.410 e. The van der Waals surface area contributed by atoms with E-state index in [-0.39, 0.29) is 25.6 Å². The minimum absolute atomic E-state index is 0.103. The lowest BCUT2D eigenvalue weighted by atomic mass is 10.1. The SMILES string of the molecule is CN(Cc1cn(C)c2ccccc12)C(=O)C=CN1C(=O)CN(C(=O)OCc2ccccc2)Cc2cccnc21. The molecule has 1 aliphatic heterocycles. The van der Waals surface area contributed by atoms with Crippen LogP contribution in [0.4, 0.5) is 10.6 Å². The number of aryl methyl sites for hydroxylation is 1. The second-order valence-electron chi connectivity index (χ2n) is 9.44. The van der Waals surface area contributed by atoms with Gasteiger partial charge in [-0.15, -0.1) is 0 Å². The molecule has 3 amide bonds. The second-order valence-corrected chi connectivity index (χ2v) is 9.44. The number of aromatic nitrogens is 2. The van der Waals surface area contributed by atoms with Gasteiger partial charge in [0, 0.05) is 61.8 Å². The first-order valence-electron chi connectivity index (χ1n) is 12.6. The minimum atomic E-state index is -0.598. The number of anilines is 1. The van der Waals surface area contributed by atoms with E-state index in [0.717, 1.165) is 22.0 Å². The maximum Gasteiger partial charge on any atom is 0.410 e. The zero-order chi connectivity index (χ0) is 27.4. The summed E-state index contributed by atoms with van der Waals surface area (Å²) in [5, 5.41) is 1.09. The highest BCUT2D eigenvalue weighted by molar-refractivity contribution is 6.00. The molecule has 0 bridgehead atoms. The molecule has 0 N–H and O–H groups in total. The van der Waals surface area contributed by atoms with Crippen LogP contribution in [0.5, 0.6) is 0 Å². The van der Waals surface area contributed by atoms with Crippen LogP contribution in [-0.4, -0.2) is 50.9 Å². The number of fused-ring (bicyclic) bond motifs is 2. The Balaban J connectivity index is 1.29. The van der Waals surface area contributed by atoms with E-state index < -0.39 is 12.0 Å². The lowest BCUT2D eigenvalue weighted by Gasteiger charge is -2.20. The lowest BCUT2D eigenvalue weighted by Crippen LogP contribution is -2.38. The number of benzene rings is 2. The zero-order valence-corrected chi connectivity index (χ0v) is 21.9. The molecule has 3 heterocycles. The molecule has 198 valence electrons. The van der Waals surface area contributed by atoms with E-state index in [0.29, 0.717) is 17.9 Å². The van der Waals surface area contributed by atoms with E-state index >= 15 is 0 Å². The average Bonchev–Trinajstić information content (AvgIpc) is 3.18. The quantitative estimate of drug-likeness (QED) is 0.353. The molecule has 39 heavy (non-hydrogen) atoms. The number of ether oxygens (including phenoxy) is 1. The van der Waals surface area contributed by atoms with Crippen LogP contribution >= 0.6 is 0 Å². The summed E-state index contributed by atoms with van der Waals surface area (Å²) in [5.74, 6) is -0.289. The van der Waals surface area contributed by atoms with Gasteiger partial charge in [0.05, 0.1) is 6.54 Å². The van der Waals surface area contributed by atoms with E-state index in [2.05, 4.69) is 4.98 Å². The molecule has 9 nitrogen and oxygen atoms in total. The molecule has 0 spiro atoms. The summed E-state index contributed by atoms with van der Waals surface area (Å²) >= 11 is 0. The highest BCUT2D eigenvalue weighted by atomic mass is 16.6. The highest BCUT2D eigenvalue weighted by Crippen LogP contribution is 2.25. The molecule has 2 aromatic heterocycles. The monoisotopic (exact) mass is 523 g/mol. The van der Waals surface area contributed by atoms with Crippen molar-refractivity contribution in [2.24, 2.45) is 7.05 Å². The molecule has 0 saturated heterocycles. The predicted molar refractivity (Wildman–Crippen MR) is 147 cm³/mol. The number of pyridine rings is 1. The third-order valence-corrected chi connectivity index (χ3v) is 6.64. The molecule has 2 aromatic carbocycles. The summed E-state index contributed by atoms with van der Waals surface area (Å²) in [6.45, 7) is 0.454. The van der Waals surface area contributed by atoms with Crippen molar-refractivity contribution in [1.29, 1.82) is 0 Å². The van der Waals surface area contributed by atoms with Crippen molar-refractivity contribution >= 4 is 34.6 Å². The Morgan fingerprint density at radius 2 is 1.79 bits per heavy atom. The number of hydrogen-bond donors (Lipinski definition) is 0. The Bertz CT molecular complexity index is 1550. The normalized spacial score (nSPS) is 13.4. The van der Waals surface area contributed by atoms with Crippen molar-refractivity contribution in [3.8, 4) is 0 Å². The first-order valence-corrected chi connectivity index (χ1v) is 12.6. The number of hydrogen-bond acceptors (Lipinski definition) is 5. The third-order valence-electron chi connectivity index (χ3n) is 6.64. The lowest BCUT2D eigenvalue weighted by molar-refractivity contribution is -0.125. The first kappa shape index (κ1) is 25.7. The van der Waals surface area contributed by atoms with Crippen LogP contribution in [0.3, 0.4) is 0 Å². The number of rotatable bonds is 6. The molecule has 0 saturated carbocycles. The number of carbonyl (C=O) groups excluding carboxylic acids is 3. The van der Waals surface area contributed by atoms with Gasteiger partial charge < -0.3 is 14.2 Å². The van der Waals surface area contributed by atoms with Gasteiger partial charge in [0.1, 0.15) is 19.0 Å². The number of carbonyl (C=O) groups is 3. The largest absolute Gasteiger partial charge is 0.445 e. The van der Waals surface area contributed by atoms with Crippen molar-refractivity contribution in [2.75, 3.05) is 18.5 Å². The highest BCUT2D eigenvalue weighted by Gasteiger charge is 2.29. The van der Waals surface area contributed by atoms with Gasteiger partial charge in [-0.05, 0) is 23.3 Å². The second kappa shape index (κ2) is 11.2. The topological polar surface area (TPSA) is 88.0 Å². The summed E-state index contributed by atoms with van der Waals surface area (Å²) < 4.78 is 7.49. The summed E-state index contributed by atoms with van der Waals surface area (Å²) in [6, 6.07) is 20.9. The number of para-hydroxylation sites is 1. The van der Waals surface area contributed by atoms with Crippen molar-refractivity contribution in [3.63, 3.8) is 0 Å². The molecule has 4 aromatic rings. The zero-order valence-electron chi connectivity index (χ0n) is 21.9. The molecule has 9 heteroatoms. The average molecular weight is 524 g/mol. The maximum atomic E-state index is 13.2. The number of nitrogens with zero attached hydrogens (tertiary/aromatic N) is 5. The fourth-order valence-electron chi connectivity index (χ4n) is 4.63. The molecule has 1 aliphatic rings. The van der Waals surface area contributed by atoms with Crippen LogP contribution in [0.1, 0.15) is 16.7 Å². The van der Waals surface area contributed by atoms with E-state index in [1.165, 1.54) is 22.1 Å². The van der Waals surface area contributed by atoms with Crippen LogP contribution in [0, 0.1) is 0 Å². The van der Waals surface area contributed by atoms with E-state index in [1.54, 1.807) is 30.3 Å². The van der Waals surface area contributed by atoms with Crippen LogP contribution in [0.25, 0.3) is 10.9 Å². The fraction of sp³-hybridized carbons (Fsp3) is 0.200. The van der Waals surface area contributed by atoms with Crippen molar-refractivity contribution in [3.05, 3.63) is 108 Å². The molecule has 0 unspecified atom stereocenters. The molecule has 0 fully saturated rings. The summed E-state index contributed by atoms with van der Waals surface area (Å²) in [5.41, 5.74) is 3.64. The summed E-state index contributed by atoms with van der Waals surface area (Å²) in [6.07, 6.45) is 5.77. The van der Waals surface area contributed by atoms with E-state index in [9.17, 15) is 14.4 Å². The molecular weight excluding hydrogens is 494 g/mol. The Hall–Kier alpha value is -4.92. The van der Waals surface area contributed by atoms with Gasteiger partial charge in [0.2, 0.25) is 5.91 Å². The Morgan fingerprint density at radius 1 is 1.03 bits per heavy atom. The van der Waals surface area contributed by atoms with Gasteiger partial charge in [0.25, 0.3) is 5.91 Å². The molecular formula is C30H29N5O4. The molecule has 5 rings (SSSR count). The Kier molecular flexibility index (Phi) is 7.40. The van der Waals surface area contributed by atoms with E-state index in [1.807, 2.05) is 72.4 Å². The summed E-state index contributed by atoms with van der Waals surface area (Å²) in [7, 11) is 3.69. The Morgan fingerprint density at radius 3 is 2.62 bits per heavy atom. The maximum absolute atomic E-state index is 13.2. The molecule has 0 radical (unpaired) electrons. The summed E-state index contributed by atoms with van der Waals surface area (Å²) in [4.78, 5) is 47.7. The van der Waals surface area contributed by atoms with Crippen LogP contribution in [0.15, 0.2) is 91.4 Å². The number of amides is 3. The Labute approximate surface area is 226 Å². The van der Waals surface area contributed by atoms with Gasteiger partial charge in [0.15, 0.2) is 0 Å². The van der Waals surface area contributed by atoms with Crippen molar-refractivity contribution < 1.29 is 19.1 Å². The van der Waals surface area contributed by atoms with Gasteiger partial charge >= 0.3 is 6.09 Å². The first-order chi connectivity index (χ1) is 18.9. The van der Waals surface area contributed by atoms with Crippen LogP contribution in [-0.2, 0) is 41.1 Å². The van der Waals surface area contributed by atoms with Crippen LogP contribution in [0.2, 0.25) is 0 Å². The third kappa shape index (κ3) is 5.67. The van der Waals surface area contributed by atoms with Gasteiger partial charge in [-0.1, -0.05) is 54.6 Å². The minimum Gasteiger partial charge on any atom is -0.445 e. The van der Waals surface area contributed by atoms with Gasteiger partial charge in [-0.25, -0.2) is 9.78 Å². The van der Waals surface area contributed by atoms with Crippen molar-refractivity contribution in [1.82, 2.24) is 19.4 Å². The van der Waals surface area contributed by atoms with Gasteiger partial charge in [-0.2, -0.15) is 0 Å². The van der Waals surface area contributed by atoms with E-state index in [4.69, 9.17) is 4.74 Å². The molecule has 0 atom stereocenters. The standard InChI is InChI=1S/C30H29N5O4/c1-32-17-24(25-12-6-7-13-26(25)32)18-33(2)27(36)14-16-35-28(37)20-34(19-23-11-8-15-31-29(23)35)30(38)39-21-22-9-4-3-5-10-22/h3-17H,18-21H2,1-2H3. The number of likely N-dealkylation sites (N-methyl/N-ethyl adjacent to an activating group) is 1. The fourth-order valence-corrected chi connectivity index (χ4v) is 4.63. The van der Waals surface area contributed by atoms with Crippen LogP contribution < -0.4 is 4.90 Å². The molecule has 0 aliphatic carbocycles. The van der Waals surface area contributed by atoms with Gasteiger partial charge in [-0.3, -0.25) is 19.4 Å². The van der Waals surface area contributed by atoms with Crippen molar-refractivity contribution in [2.45, 2.75) is 19.7 Å². The predicted octanol–water partition coefficient (Wildman–Crippen LogP) is 4.23.